The summed E-state index contributed by atoms with van der Waals surface area (Å²) < 4.78 is 11.4. The third-order valence-corrected chi connectivity index (χ3v) is 5.46. The zero-order valence-electron chi connectivity index (χ0n) is 12.1. The minimum absolute atomic E-state index is 0.0567. The molecule has 2 aliphatic rings. The van der Waals surface area contributed by atoms with Gasteiger partial charge in [-0.3, -0.25) is 4.79 Å². The summed E-state index contributed by atoms with van der Waals surface area (Å²) in [5.41, 5.74) is 1.74. The molecule has 1 fully saturated rings. The number of halogens is 1. The third kappa shape index (κ3) is 2.94. The molecule has 1 aromatic rings. The Kier molecular flexibility index (Phi) is 4.50. The van der Waals surface area contributed by atoms with Gasteiger partial charge in [0.2, 0.25) is 0 Å². The Balaban J connectivity index is 1.87. The number of benzene rings is 1. The molecule has 0 spiro atoms. The van der Waals surface area contributed by atoms with Crippen molar-refractivity contribution in [2.24, 2.45) is 5.92 Å². The number of hydrogen-bond donors (Lipinski definition) is 1. The zero-order chi connectivity index (χ0) is 14.8. The average Bonchev–Trinajstić information content (AvgIpc) is 2.91. The van der Waals surface area contributed by atoms with Gasteiger partial charge in [0.05, 0.1) is 18.2 Å². The van der Waals surface area contributed by atoms with Crippen molar-refractivity contribution < 1.29 is 14.3 Å². The van der Waals surface area contributed by atoms with E-state index in [-0.39, 0.29) is 10.7 Å². The smallest absolute Gasteiger partial charge is 0.255 e. The number of nitrogens with one attached hydrogen (secondary N) is 1. The molecule has 114 valence electrons. The van der Waals surface area contributed by atoms with Crippen molar-refractivity contribution in [2.75, 3.05) is 19.8 Å². The van der Waals surface area contributed by atoms with E-state index in [2.05, 4.69) is 28.2 Å². The van der Waals surface area contributed by atoms with E-state index < -0.39 is 0 Å². The Bertz CT molecular complexity index is 534. The lowest BCUT2D eigenvalue weighted by Gasteiger charge is -2.23. The molecule has 2 aliphatic heterocycles. The predicted molar refractivity (Wildman–Crippen MR) is 84.1 cm³/mol. The molecular formula is C16H20BrNO3. The van der Waals surface area contributed by atoms with Crippen LogP contribution in [0.25, 0.3) is 0 Å². The van der Waals surface area contributed by atoms with Crippen molar-refractivity contribution in [1.29, 1.82) is 0 Å². The maximum absolute atomic E-state index is 12.1. The molecule has 0 aromatic heterocycles. The Morgan fingerprint density at radius 2 is 2.29 bits per heavy atom. The number of carbonyl (C=O) groups excluding carboxylic acids is 1. The van der Waals surface area contributed by atoms with E-state index in [4.69, 9.17) is 9.47 Å². The summed E-state index contributed by atoms with van der Waals surface area (Å²) >= 11 is 3.81. The summed E-state index contributed by atoms with van der Waals surface area (Å²) in [4.78, 5) is 12.3. The van der Waals surface area contributed by atoms with Gasteiger partial charge in [0.25, 0.3) is 5.91 Å². The molecular weight excluding hydrogens is 334 g/mol. The molecule has 0 aliphatic carbocycles. The zero-order valence-corrected chi connectivity index (χ0v) is 13.7. The highest BCUT2D eigenvalue weighted by molar-refractivity contribution is 9.09. The number of alkyl halides is 1. The van der Waals surface area contributed by atoms with Gasteiger partial charge in [-0.1, -0.05) is 28.9 Å². The standard InChI is InChI=1S/C16H20BrNO3/c1-2-13-11(5-7-20-13)15(17)10-3-4-14-12(9-10)16(19)18-6-8-21-14/h3-4,9,11,13,15H,2,5-8H2,1H3,(H,18,19). The first-order valence-electron chi connectivity index (χ1n) is 7.51. The van der Waals surface area contributed by atoms with Crippen LogP contribution in [0.2, 0.25) is 0 Å². The van der Waals surface area contributed by atoms with Gasteiger partial charge in [0.15, 0.2) is 0 Å². The second-order valence-corrected chi connectivity index (χ2v) is 6.52. The van der Waals surface area contributed by atoms with Crippen LogP contribution in [0.3, 0.4) is 0 Å². The van der Waals surface area contributed by atoms with E-state index in [1.165, 1.54) is 0 Å². The summed E-state index contributed by atoms with van der Waals surface area (Å²) in [7, 11) is 0. The molecule has 1 amide bonds. The van der Waals surface area contributed by atoms with Crippen LogP contribution in [0.1, 0.15) is 40.5 Å². The third-order valence-electron chi connectivity index (χ3n) is 4.25. The number of hydrogen-bond acceptors (Lipinski definition) is 3. The van der Waals surface area contributed by atoms with Crippen LogP contribution in [-0.2, 0) is 4.74 Å². The maximum atomic E-state index is 12.1. The molecule has 3 unspecified atom stereocenters. The molecule has 1 N–H and O–H groups in total. The second kappa shape index (κ2) is 6.36. The number of ether oxygens (including phenoxy) is 2. The van der Waals surface area contributed by atoms with Gasteiger partial charge in [0.1, 0.15) is 12.4 Å². The van der Waals surface area contributed by atoms with Crippen LogP contribution in [0, 0.1) is 5.92 Å². The summed E-state index contributed by atoms with van der Waals surface area (Å²) in [6.45, 7) is 4.04. The minimum Gasteiger partial charge on any atom is -0.491 e. The molecule has 2 heterocycles. The fourth-order valence-electron chi connectivity index (χ4n) is 3.11. The Morgan fingerprint density at radius 3 is 3.10 bits per heavy atom. The predicted octanol–water partition coefficient (Wildman–Crippen LogP) is 3.06. The number of carbonyl (C=O) groups is 1. The van der Waals surface area contributed by atoms with Crippen molar-refractivity contribution in [2.45, 2.75) is 30.7 Å². The summed E-state index contributed by atoms with van der Waals surface area (Å²) in [5.74, 6) is 1.06. The molecule has 0 saturated carbocycles. The van der Waals surface area contributed by atoms with E-state index >= 15 is 0 Å². The van der Waals surface area contributed by atoms with E-state index in [1.54, 1.807) is 0 Å². The number of fused-ring (bicyclic) bond motifs is 1. The largest absolute Gasteiger partial charge is 0.491 e. The van der Waals surface area contributed by atoms with Crippen LogP contribution in [-0.4, -0.2) is 31.8 Å². The molecule has 1 aromatic carbocycles. The Morgan fingerprint density at radius 1 is 1.43 bits per heavy atom. The summed E-state index contributed by atoms with van der Waals surface area (Å²) in [6, 6.07) is 5.89. The number of amides is 1. The molecule has 0 bridgehead atoms. The van der Waals surface area contributed by atoms with Crippen LogP contribution in [0.15, 0.2) is 18.2 Å². The molecule has 21 heavy (non-hydrogen) atoms. The molecule has 0 radical (unpaired) electrons. The highest BCUT2D eigenvalue weighted by Gasteiger charge is 2.33. The van der Waals surface area contributed by atoms with E-state index in [9.17, 15) is 4.79 Å². The van der Waals surface area contributed by atoms with Crippen molar-refractivity contribution in [3.05, 3.63) is 29.3 Å². The monoisotopic (exact) mass is 353 g/mol. The van der Waals surface area contributed by atoms with Gasteiger partial charge in [-0.15, -0.1) is 0 Å². The lowest BCUT2D eigenvalue weighted by molar-refractivity contribution is 0.0873. The first-order chi connectivity index (χ1) is 10.2. The van der Waals surface area contributed by atoms with Crippen molar-refractivity contribution in [3.8, 4) is 5.75 Å². The van der Waals surface area contributed by atoms with Crippen molar-refractivity contribution in [1.82, 2.24) is 5.32 Å². The van der Waals surface area contributed by atoms with E-state index in [1.807, 2.05) is 18.2 Å². The lowest BCUT2D eigenvalue weighted by Crippen LogP contribution is -2.24. The highest BCUT2D eigenvalue weighted by Crippen LogP contribution is 2.41. The summed E-state index contributed by atoms with van der Waals surface area (Å²) in [6.07, 6.45) is 2.36. The molecule has 4 nitrogen and oxygen atoms in total. The number of rotatable bonds is 3. The SMILES string of the molecule is CCC1OCCC1C(Br)c1ccc2c(c1)C(=O)NCCO2. The first-order valence-corrected chi connectivity index (χ1v) is 8.43. The molecule has 5 heteroatoms. The van der Waals surface area contributed by atoms with Crippen molar-refractivity contribution >= 4 is 21.8 Å². The van der Waals surface area contributed by atoms with Gasteiger partial charge in [0, 0.05) is 17.4 Å². The van der Waals surface area contributed by atoms with Gasteiger partial charge in [-0.2, -0.15) is 0 Å². The molecule has 3 atom stereocenters. The lowest BCUT2D eigenvalue weighted by atomic mass is 9.91. The van der Waals surface area contributed by atoms with Crippen LogP contribution >= 0.6 is 15.9 Å². The molecule has 1 saturated heterocycles. The van der Waals surface area contributed by atoms with Crippen LogP contribution < -0.4 is 10.1 Å². The maximum Gasteiger partial charge on any atom is 0.255 e. The van der Waals surface area contributed by atoms with Crippen LogP contribution in [0.5, 0.6) is 5.75 Å². The normalized spacial score (nSPS) is 26.5. The molecule has 3 rings (SSSR count). The minimum atomic E-state index is -0.0567. The topological polar surface area (TPSA) is 47.6 Å². The Labute approximate surface area is 133 Å². The van der Waals surface area contributed by atoms with Crippen molar-refractivity contribution in [3.63, 3.8) is 0 Å². The summed E-state index contributed by atoms with van der Waals surface area (Å²) in [5, 5.41) is 2.85. The van der Waals surface area contributed by atoms with Crippen LogP contribution in [0.4, 0.5) is 0 Å². The Hall–Kier alpha value is -1.07. The average molecular weight is 354 g/mol. The van der Waals surface area contributed by atoms with Gasteiger partial charge in [-0.05, 0) is 30.5 Å². The quantitative estimate of drug-likeness (QED) is 0.849. The van der Waals surface area contributed by atoms with Gasteiger partial charge >= 0.3 is 0 Å². The van der Waals surface area contributed by atoms with E-state index in [0.29, 0.717) is 36.5 Å². The van der Waals surface area contributed by atoms with Gasteiger partial charge in [-0.25, -0.2) is 0 Å². The fourth-order valence-corrected chi connectivity index (χ4v) is 4.00. The first kappa shape index (κ1) is 14.9. The second-order valence-electron chi connectivity index (χ2n) is 5.53. The van der Waals surface area contributed by atoms with E-state index in [0.717, 1.165) is 25.0 Å². The van der Waals surface area contributed by atoms with Gasteiger partial charge < -0.3 is 14.8 Å². The fraction of sp³-hybridized carbons (Fsp3) is 0.562. The highest BCUT2D eigenvalue weighted by atomic mass is 79.9.